The van der Waals surface area contributed by atoms with Gasteiger partial charge >= 0.3 is 0 Å². The predicted octanol–water partition coefficient (Wildman–Crippen LogP) is 2.78. The number of hydrogen-bond acceptors (Lipinski definition) is 6. The minimum atomic E-state index is -0.0462. The van der Waals surface area contributed by atoms with E-state index in [0.717, 1.165) is 61.8 Å². The summed E-state index contributed by atoms with van der Waals surface area (Å²) in [5.74, 6) is 2.77. The lowest BCUT2D eigenvalue weighted by Crippen LogP contribution is -2.54. The van der Waals surface area contributed by atoms with Gasteiger partial charge in [0.15, 0.2) is 5.96 Å². The number of nitrogens with zero attached hydrogens (tertiary/aromatic N) is 5. The largest absolute Gasteiger partial charge is 0.497 e. The molecule has 158 valence electrons. The van der Waals surface area contributed by atoms with E-state index in [9.17, 15) is 0 Å². The fourth-order valence-corrected chi connectivity index (χ4v) is 4.21. The molecule has 0 aliphatic carbocycles. The molecule has 29 heavy (non-hydrogen) atoms. The highest BCUT2D eigenvalue weighted by molar-refractivity contribution is 7.09. The Labute approximate surface area is 178 Å². The fourth-order valence-electron chi connectivity index (χ4n) is 3.40. The molecule has 0 unspecified atom stereocenters. The highest BCUT2D eigenvalue weighted by Crippen LogP contribution is 2.26. The van der Waals surface area contributed by atoms with Gasteiger partial charge in [0.2, 0.25) is 5.13 Å². The van der Waals surface area contributed by atoms with Gasteiger partial charge in [0.25, 0.3) is 0 Å². The zero-order valence-electron chi connectivity index (χ0n) is 18.1. The third kappa shape index (κ3) is 5.18. The third-order valence-electron chi connectivity index (χ3n) is 5.37. The smallest absolute Gasteiger partial charge is 0.205 e. The first kappa shape index (κ1) is 21.4. The van der Waals surface area contributed by atoms with Gasteiger partial charge < -0.3 is 19.9 Å². The van der Waals surface area contributed by atoms with Crippen molar-refractivity contribution in [3.8, 4) is 5.75 Å². The number of guanidine groups is 1. The van der Waals surface area contributed by atoms with Crippen LogP contribution in [-0.2, 0) is 11.8 Å². The number of anilines is 1. The molecule has 0 spiro atoms. The van der Waals surface area contributed by atoms with E-state index in [4.69, 9.17) is 4.74 Å². The molecule has 2 heterocycles. The highest BCUT2D eigenvalue weighted by Gasteiger charge is 2.25. The van der Waals surface area contributed by atoms with Gasteiger partial charge in [0.05, 0.1) is 7.11 Å². The number of aliphatic imine (C=N–C) groups is 1. The molecule has 1 aliphatic heterocycles. The number of aromatic nitrogens is 2. The molecule has 1 saturated heterocycles. The third-order valence-corrected chi connectivity index (χ3v) is 6.19. The average Bonchev–Trinajstić information content (AvgIpc) is 3.24. The van der Waals surface area contributed by atoms with Crippen molar-refractivity contribution in [2.45, 2.75) is 32.6 Å². The van der Waals surface area contributed by atoms with Crippen LogP contribution in [0.15, 0.2) is 29.3 Å². The van der Waals surface area contributed by atoms with Crippen molar-refractivity contribution < 1.29 is 4.74 Å². The van der Waals surface area contributed by atoms with Crippen molar-refractivity contribution in [2.24, 2.45) is 4.99 Å². The average molecular weight is 417 g/mol. The van der Waals surface area contributed by atoms with E-state index in [2.05, 4.69) is 62.4 Å². The van der Waals surface area contributed by atoms with E-state index in [1.54, 1.807) is 7.11 Å². The lowest BCUT2D eigenvalue weighted by molar-refractivity contribution is 0.366. The van der Waals surface area contributed by atoms with Crippen molar-refractivity contribution in [2.75, 3.05) is 51.8 Å². The molecule has 0 amide bonds. The molecule has 0 radical (unpaired) electrons. The lowest BCUT2D eigenvalue weighted by atomic mass is 9.84. The van der Waals surface area contributed by atoms with E-state index in [0.29, 0.717) is 0 Å². The van der Waals surface area contributed by atoms with Gasteiger partial charge in [0, 0.05) is 63.1 Å². The summed E-state index contributed by atoms with van der Waals surface area (Å²) in [5.41, 5.74) is 1.20. The zero-order valence-corrected chi connectivity index (χ0v) is 18.9. The molecule has 1 aromatic heterocycles. The topological polar surface area (TPSA) is 65.9 Å². The highest BCUT2D eigenvalue weighted by atomic mass is 32.1. The van der Waals surface area contributed by atoms with Crippen LogP contribution in [0.5, 0.6) is 5.75 Å². The number of aryl methyl sites for hydroxylation is 1. The maximum Gasteiger partial charge on any atom is 0.205 e. The van der Waals surface area contributed by atoms with Crippen LogP contribution in [0.25, 0.3) is 0 Å². The SMILES string of the molecule is CCc1nsc(N2CCN(C(=NC)NCC(C)(C)c3cccc(OC)c3)CC2)n1. The van der Waals surface area contributed by atoms with Gasteiger partial charge in [0.1, 0.15) is 11.6 Å². The monoisotopic (exact) mass is 416 g/mol. The first-order valence-electron chi connectivity index (χ1n) is 10.1. The van der Waals surface area contributed by atoms with E-state index < -0.39 is 0 Å². The van der Waals surface area contributed by atoms with Crippen LogP contribution >= 0.6 is 11.5 Å². The zero-order chi connectivity index (χ0) is 20.9. The molecule has 1 aromatic carbocycles. The minimum Gasteiger partial charge on any atom is -0.497 e. The van der Waals surface area contributed by atoms with Crippen LogP contribution in [0.2, 0.25) is 0 Å². The second-order valence-corrected chi connectivity index (χ2v) is 8.57. The van der Waals surface area contributed by atoms with Crippen molar-refractivity contribution in [3.63, 3.8) is 0 Å². The Morgan fingerprint density at radius 2 is 2.03 bits per heavy atom. The predicted molar refractivity (Wildman–Crippen MR) is 120 cm³/mol. The van der Waals surface area contributed by atoms with Gasteiger partial charge in [-0.2, -0.15) is 4.37 Å². The number of benzene rings is 1. The van der Waals surface area contributed by atoms with Gasteiger partial charge in [-0.05, 0) is 17.7 Å². The summed E-state index contributed by atoms with van der Waals surface area (Å²) in [6.45, 7) is 11.1. The Hall–Kier alpha value is -2.35. The summed E-state index contributed by atoms with van der Waals surface area (Å²) in [6, 6.07) is 8.28. The molecule has 1 N–H and O–H groups in total. The summed E-state index contributed by atoms with van der Waals surface area (Å²) in [4.78, 5) is 13.8. The standard InChI is InChI=1S/C21H32N6OS/c1-6-18-24-20(29-25-18)27-12-10-26(11-13-27)19(22-4)23-15-21(2,3)16-8-7-9-17(14-16)28-5/h7-9,14H,6,10-13,15H2,1-5H3,(H,22,23). The summed E-state index contributed by atoms with van der Waals surface area (Å²) < 4.78 is 9.79. The maximum atomic E-state index is 5.38. The second kappa shape index (κ2) is 9.43. The first-order valence-corrected chi connectivity index (χ1v) is 10.9. The summed E-state index contributed by atoms with van der Waals surface area (Å²) in [7, 11) is 3.56. The van der Waals surface area contributed by atoms with Crippen LogP contribution in [0.3, 0.4) is 0 Å². The van der Waals surface area contributed by atoms with Crippen LogP contribution in [0.1, 0.15) is 32.2 Å². The molecular formula is C21H32N6OS. The Morgan fingerprint density at radius 3 is 2.66 bits per heavy atom. The normalized spacial score (nSPS) is 15.6. The van der Waals surface area contributed by atoms with Gasteiger partial charge in [-0.15, -0.1) is 0 Å². The number of ether oxygens (including phenoxy) is 1. The van der Waals surface area contributed by atoms with Crippen LogP contribution in [0.4, 0.5) is 5.13 Å². The van der Waals surface area contributed by atoms with Crippen molar-refractivity contribution >= 4 is 22.6 Å². The van der Waals surface area contributed by atoms with E-state index in [1.165, 1.54) is 17.1 Å². The fraction of sp³-hybridized carbons (Fsp3) is 0.571. The quantitative estimate of drug-likeness (QED) is 0.577. The number of nitrogens with one attached hydrogen (secondary N) is 1. The first-order chi connectivity index (χ1) is 14.0. The molecule has 1 fully saturated rings. The van der Waals surface area contributed by atoms with Crippen molar-refractivity contribution in [3.05, 3.63) is 35.7 Å². The maximum absolute atomic E-state index is 5.38. The number of piperazine rings is 1. The molecule has 3 rings (SSSR count). The molecular weight excluding hydrogens is 384 g/mol. The number of hydrogen-bond donors (Lipinski definition) is 1. The molecule has 0 bridgehead atoms. The van der Waals surface area contributed by atoms with Crippen LogP contribution < -0.4 is 15.0 Å². The lowest BCUT2D eigenvalue weighted by Gasteiger charge is -2.37. The molecule has 8 heteroatoms. The van der Waals surface area contributed by atoms with Gasteiger partial charge in [-0.3, -0.25) is 4.99 Å². The van der Waals surface area contributed by atoms with Gasteiger partial charge in [-0.1, -0.05) is 32.9 Å². The summed E-state index contributed by atoms with van der Waals surface area (Å²) in [6.07, 6.45) is 0.885. The molecule has 7 nitrogen and oxygen atoms in total. The van der Waals surface area contributed by atoms with Gasteiger partial charge in [-0.25, -0.2) is 4.98 Å². The summed E-state index contributed by atoms with van der Waals surface area (Å²) >= 11 is 1.50. The Morgan fingerprint density at radius 1 is 1.28 bits per heavy atom. The molecule has 0 atom stereocenters. The van der Waals surface area contributed by atoms with E-state index >= 15 is 0 Å². The molecule has 0 saturated carbocycles. The minimum absolute atomic E-state index is 0.0462. The van der Waals surface area contributed by atoms with Crippen LogP contribution in [-0.4, -0.2) is 67.1 Å². The van der Waals surface area contributed by atoms with Crippen LogP contribution in [0, 0.1) is 0 Å². The second-order valence-electron chi connectivity index (χ2n) is 7.84. The van der Waals surface area contributed by atoms with Crippen molar-refractivity contribution in [1.29, 1.82) is 0 Å². The number of rotatable bonds is 6. The summed E-state index contributed by atoms with van der Waals surface area (Å²) in [5, 5.41) is 4.61. The number of methoxy groups -OCH3 is 1. The van der Waals surface area contributed by atoms with E-state index in [-0.39, 0.29) is 5.41 Å². The van der Waals surface area contributed by atoms with Crippen molar-refractivity contribution in [1.82, 2.24) is 19.6 Å². The van der Waals surface area contributed by atoms with E-state index in [1.807, 2.05) is 19.2 Å². The Balaban J connectivity index is 1.56. The molecule has 2 aromatic rings. The molecule has 1 aliphatic rings. The Kier molecular flexibility index (Phi) is 6.95. The Bertz CT molecular complexity index is 826.